The predicted octanol–water partition coefficient (Wildman–Crippen LogP) is -0.208. The van der Waals surface area contributed by atoms with Gasteiger partial charge in [-0.1, -0.05) is 0 Å². The molecular weight excluding hydrogens is 212 g/mol. The van der Waals surface area contributed by atoms with Crippen LogP contribution in [0.25, 0.3) is 0 Å². The molecule has 0 amide bonds. The van der Waals surface area contributed by atoms with Gasteiger partial charge in [-0.2, -0.15) is 15.4 Å². The van der Waals surface area contributed by atoms with Crippen LogP contribution in [-0.2, 0) is 4.74 Å². The average molecular weight is 222 g/mol. The van der Waals surface area contributed by atoms with Gasteiger partial charge in [0.25, 0.3) is 0 Å². The third kappa shape index (κ3) is 1.64. The molecule has 2 rings (SSSR count). The topological polar surface area (TPSA) is 98.6 Å². The fourth-order valence-electron chi connectivity index (χ4n) is 1.32. The number of carbonyl (C=O) groups is 1. The minimum absolute atomic E-state index is 0.158. The number of aromatic nitrogens is 6. The number of aromatic amines is 1. The van der Waals surface area contributed by atoms with E-state index in [0.29, 0.717) is 5.69 Å². The Morgan fingerprint density at radius 2 is 2.38 bits per heavy atom. The van der Waals surface area contributed by atoms with Crippen LogP contribution in [0.2, 0.25) is 0 Å². The van der Waals surface area contributed by atoms with Crippen LogP contribution in [0.15, 0.2) is 12.7 Å². The lowest BCUT2D eigenvalue weighted by Crippen LogP contribution is -2.13. The first-order chi connectivity index (χ1) is 7.74. The van der Waals surface area contributed by atoms with E-state index in [9.17, 15) is 4.79 Å². The normalized spacial score (nSPS) is 12.4. The highest BCUT2D eigenvalue weighted by atomic mass is 16.5. The highest BCUT2D eigenvalue weighted by Gasteiger charge is 2.22. The third-order valence-electron chi connectivity index (χ3n) is 2.18. The van der Waals surface area contributed by atoms with E-state index in [1.807, 2.05) is 6.92 Å². The van der Waals surface area contributed by atoms with Crippen molar-refractivity contribution in [2.75, 3.05) is 7.11 Å². The molecule has 1 N–H and O–H groups in total. The first-order valence-corrected chi connectivity index (χ1v) is 4.57. The zero-order valence-electron chi connectivity index (χ0n) is 8.78. The molecule has 1 unspecified atom stereocenters. The molecule has 16 heavy (non-hydrogen) atoms. The van der Waals surface area contributed by atoms with E-state index < -0.39 is 5.97 Å². The number of methoxy groups -OCH3 is 1. The van der Waals surface area contributed by atoms with Gasteiger partial charge in [-0.05, 0) is 6.92 Å². The SMILES string of the molecule is COC(=O)c1n[nH]nc1C(C)n1cncn1. The van der Waals surface area contributed by atoms with Gasteiger partial charge in [-0.15, -0.1) is 5.10 Å². The lowest BCUT2D eigenvalue weighted by atomic mass is 10.2. The van der Waals surface area contributed by atoms with Crippen molar-refractivity contribution in [3.05, 3.63) is 24.0 Å². The van der Waals surface area contributed by atoms with Crippen molar-refractivity contribution in [2.45, 2.75) is 13.0 Å². The highest BCUT2D eigenvalue weighted by molar-refractivity contribution is 5.88. The zero-order chi connectivity index (χ0) is 11.5. The lowest BCUT2D eigenvalue weighted by molar-refractivity contribution is 0.0592. The van der Waals surface area contributed by atoms with Crippen LogP contribution in [0.1, 0.15) is 29.1 Å². The van der Waals surface area contributed by atoms with E-state index in [1.54, 1.807) is 11.0 Å². The molecule has 0 saturated carbocycles. The summed E-state index contributed by atoms with van der Waals surface area (Å²) in [6.07, 6.45) is 2.95. The molecule has 0 aliphatic carbocycles. The summed E-state index contributed by atoms with van der Waals surface area (Å²) in [4.78, 5) is 15.2. The molecule has 0 aliphatic heterocycles. The summed E-state index contributed by atoms with van der Waals surface area (Å²) in [5.41, 5.74) is 0.628. The number of carbonyl (C=O) groups excluding carboxylic acids is 1. The summed E-state index contributed by atoms with van der Waals surface area (Å²) < 4.78 is 6.17. The Kier molecular flexibility index (Phi) is 2.63. The summed E-state index contributed by atoms with van der Waals surface area (Å²) in [6.45, 7) is 1.83. The zero-order valence-corrected chi connectivity index (χ0v) is 8.78. The Bertz CT molecular complexity index is 476. The van der Waals surface area contributed by atoms with Crippen LogP contribution >= 0.6 is 0 Å². The lowest BCUT2D eigenvalue weighted by Gasteiger charge is -2.08. The number of nitrogens with one attached hydrogen (secondary N) is 1. The van der Waals surface area contributed by atoms with E-state index in [2.05, 4.69) is 30.2 Å². The number of ether oxygens (including phenoxy) is 1. The van der Waals surface area contributed by atoms with Crippen molar-refractivity contribution < 1.29 is 9.53 Å². The number of H-pyrrole nitrogens is 1. The van der Waals surface area contributed by atoms with Crippen LogP contribution in [0.3, 0.4) is 0 Å². The predicted molar refractivity (Wildman–Crippen MR) is 51.6 cm³/mol. The van der Waals surface area contributed by atoms with Gasteiger partial charge in [-0.3, -0.25) is 0 Å². The van der Waals surface area contributed by atoms with Gasteiger partial charge in [0.05, 0.1) is 13.2 Å². The summed E-state index contributed by atoms with van der Waals surface area (Å²) >= 11 is 0. The van der Waals surface area contributed by atoms with Crippen molar-refractivity contribution in [3.8, 4) is 0 Å². The van der Waals surface area contributed by atoms with Crippen molar-refractivity contribution >= 4 is 5.97 Å². The smallest absolute Gasteiger partial charge is 0.360 e. The van der Waals surface area contributed by atoms with Gasteiger partial charge in [0.2, 0.25) is 0 Å². The van der Waals surface area contributed by atoms with Gasteiger partial charge in [0.1, 0.15) is 18.3 Å². The minimum atomic E-state index is -0.532. The Balaban J connectivity index is 2.34. The van der Waals surface area contributed by atoms with Gasteiger partial charge >= 0.3 is 5.97 Å². The fraction of sp³-hybridized carbons (Fsp3) is 0.375. The first-order valence-electron chi connectivity index (χ1n) is 4.57. The molecule has 0 bridgehead atoms. The van der Waals surface area contributed by atoms with Crippen molar-refractivity contribution in [1.82, 2.24) is 30.2 Å². The van der Waals surface area contributed by atoms with E-state index in [1.165, 1.54) is 13.4 Å². The fourth-order valence-corrected chi connectivity index (χ4v) is 1.32. The van der Waals surface area contributed by atoms with E-state index in [4.69, 9.17) is 0 Å². The number of rotatable bonds is 3. The largest absolute Gasteiger partial charge is 0.464 e. The van der Waals surface area contributed by atoms with Crippen LogP contribution in [0.4, 0.5) is 0 Å². The molecule has 0 fully saturated rings. The molecule has 2 aromatic rings. The molecule has 8 nitrogen and oxygen atoms in total. The van der Waals surface area contributed by atoms with Gasteiger partial charge in [-0.25, -0.2) is 14.5 Å². The molecule has 2 heterocycles. The van der Waals surface area contributed by atoms with Crippen molar-refractivity contribution in [1.29, 1.82) is 0 Å². The van der Waals surface area contributed by atoms with Crippen LogP contribution in [-0.4, -0.2) is 43.3 Å². The Labute approximate surface area is 90.6 Å². The molecule has 8 heteroatoms. The number of esters is 1. The molecule has 0 aromatic carbocycles. The second-order valence-electron chi connectivity index (χ2n) is 3.10. The van der Waals surface area contributed by atoms with Gasteiger partial charge in [0.15, 0.2) is 5.69 Å². The van der Waals surface area contributed by atoms with Gasteiger partial charge < -0.3 is 4.74 Å². The van der Waals surface area contributed by atoms with Crippen molar-refractivity contribution in [3.63, 3.8) is 0 Å². The summed E-state index contributed by atoms with van der Waals surface area (Å²) in [7, 11) is 1.29. The molecule has 0 saturated heterocycles. The molecule has 1 atom stereocenters. The van der Waals surface area contributed by atoms with Gasteiger partial charge in [0, 0.05) is 0 Å². The number of nitrogens with zero attached hydrogens (tertiary/aromatic N) is 5. The second-order valence-corrected chi connectivity index (χ2v) is 3.10. The maximum atomic E-state index is 11.4. The van der Waals surface area contributed by atoms with E-state index in [-0.39, 0.29) is 11.7 Å². The van der Waals surface area contributed by atoms with Crippen LogP contribution < -0.4 is 0 Å². The first kappa shape index (κ1) is 10.3. The Morgan fingerprint density at radius 3 is 3.00 bits per heavy atom. The Morgan fingerprint density at radius 1 is 1.56 bits per heavy atom. The summed E-state index contributed by atoms with van der Waals surface area (Å²) in [5.74, 6) is -0.532. The number of hydrogen-bond acceptors (Lipinski definition) is 6. The molecule has 84 valence electrons. The molecule has 0 radical (unpaired) electrons. The molecule has 2 aromatic heterocycles. The highest BCUT2D eigenvalue weighted by Crippen LogP contribution is 2.16. The Hall–Kier alpha value is -2.25. The van der Waals surface area contributed by atoms with Crippen LogP contribution in [0.5, 0.6) is 0 Å². The molecular formula is C8H10N6O2. The minimum Gasteiger partial charge on any atom is -0.464 e. The quantitative estimate of drug-likeness (QED) is 0.721. The second kappa shape index (κ2) is 4.09. The standard InChI is InChI=1S/C8H10N6O2/c1-5(14-4-9-3-10-14)6-7(8(15)16-2)12-13-11-6/h3-5H,1-2H3,(H,11,12,13). The van der Waals surface area contributed by atoms with E-state index in [0.717, 1.165) is 0 Å². The molecule has 0 aliphatic rings. The number of hydrogen-bond donors (Lipinski definition) is 1. The summed E-state index contributed by atoms with van der Waals surface area (Å²) in [6, 6.07) is -0.240. The third-order valence-corrected chi connectivity index (χ3v) is 2.18. The molecule has 0 spiro atoms. The van der Waals surface area contributed by atoms with Crippen molar-refractivity contribution in [2.24, 2.45) is 0 Å². The monoisotopic (exact) mass is 222 g/mol. The average Bonchev–Trinajstić information content (AvgIpc) is 2.97. The summed E-state index contributed by atoms with van der Waals surface area (Å²) in [5, 5.41) is 14.0. The maximum absolute atomic E-state index is 11.4. The van der Waals surface area contributed by atoms with E-state index >= 15 is 0 Å². The van der Waals surface area contributed by atoms with Crippen LogP contribution in [0, 0.1) is 0 Å². The maximum Gasteiger partial charge on any atom is 0.360 e.